The van der Waals surface area contributed by atoms with Gasteiger partial charge < -0.3 is 15.6 Å². The highest BCUT2D eigenvalue weighted by atomic mass is 16.2. The number of hydrogen-bond acceptors (Lipinski definition) is 3. The Morgan fingerprint density at radius 1 is 1.17 bits per heavy atom. The number of fused-ring (bicyclic) bond motifs is 1. The summed E-state index contributed by atoms with van der Waals surface area (Å²) in [5.74, 6) is -0.263. The second-order valence-electron chi connectivity index (χ2n) is 6.71. The standard InChI is InChI=1S/C18H21N3O2/c19-14-6-3-7-15-16(14)17(22)13(10-21(15)12-8-9-12)18(23)20-11-4-1-2-5-11/h3,6-7,10-12H,1-2,4-5,8-9,19H2,(H,20,23). The lowest BCUT2D eigenvalue weighted by molar-refractivity contribution is 0.0936. The average Bonchev–Trinajstić information content (AvgIpc) is 3.25. The molecule has 2 fully saturated rings. The molecule has 1 amide bonds. The summed E-state index contributed by atoms with van der Waals surface area (Å²) < 4.78 is 2.05. The number of carbonyl (C=O) groups excluding carboxylic acids is 1. The Bertz CT molecular complexity index is 830. The number of benzene rings is 1. The first kappa shape index (κ1) is 14.3. The van der Waals surface area contributed by atoms with Crippen LogP contribution in [0.5, 0.6) is 0 Å². The number of nitrogens with one attached hydrogen (secondary N) is 1. The molecule has 2 aliphatic rings. The molecule has 0 spiro atoms. The fraction of sp³-hybridized carbons (Fsp3) is 0.444. The van der Waals surface area contributed by atoms with Crippen LogP contribution in [0.3, 0.4) is 0 Å². The van der Waals surface area contributed by atoms with Crippen molar-refractivity contribution in [3.63, 3.8) is 0 Å². The van der Waals surface area contributed by atoms with Gasteiger partial charge in [0.2, 0.25) is 5.43 Å². The van der Waals surface area contributed by atoms with Gasteiger partial charge in [0.25, 0.3) is 5.91 Å². The molecule has 0 unspecified atom stereocenters. The molecule has 120 valence electrons. The zero-order valence-corrected chi connectivity index (χ0v) is 13.0. The van der Waals surface area contributed by atoms with E-state index in [1.54, 1.807) is 12.3 Å². The topological polar surface area (TPSA) is 77.1 Å². The van der Waals surface area contributed by atoms with Crippen LogP contribution in [0, 0.1) is 0 Å². The molecule has 2 aliphatic carbocycles. The van der Waals surface area contributed by atoms with E-state index in [-0.39, 0.29) is 22.9 Å². The van der Waals surface area contributed by atoms with Crippen molar-refractivity contribution in [2.75, 3.05) is 5.73 Å². The van der Waals surface area contributed by atoms with E-state index in [2.05, 4.69) is 9.88 Å². The highest BCUT2D eigenvalue weighted by molar-refractivity contribution is 6.00. The van der Waals surface area contributed by atoms with Crippen molar-refractivity contribution in [3.8, 4) is 0 Å². The first-order valence-electron chi connectivity index (χ1n) is 8.39. The molecule has 0 radical (unpaired) electrons. The SMILES string of the molecule is Nc1cccc2c1c(=O)c(C(=O)NC1CCCC1)cn2C1CC1. The van der Waals surface area contributed by atoms with Gasteiger partial charge >= 0.3 is 0 Å². The summed E-state index contributed by atoms with van der Waals surface area (Å²) in [6, 6.07) is 6.05. The van der Waals surface area contributed by atoms with E-state index >= 15 is 0 Å². The maximum absolute atomic E-state index is 12.8. The number of rotatable bonds is 3. The van der Waals surface area contributed by atoms with Crippen molar-refractivity contribution in [1.82, 2.24) is 9.88 Å². The Labute approximate surface area is 134 Å². The van der Waals surface area contributed by atoms with Crippen molar-refractivity contribution >= 4 is 22.5 Å². The van der Waals surface area contributed by atoms with Gasteiger partial charge in [0, 0.05) is 24.0 Å². The Kier molecular flexibility index (Phi) is 3.36. The van der Waals surface area contributed by atoms with Crippen LogP contribution in [0.25, 0.3) is 10.9 Å². The van der Waals surface area contributed by atoms with Crippen LogP contribution in [0.1, 0.15) is 54.9 Å². The summed E-state index contributed by atoms with van der Waals surface area (Å²) in [4.78, 5) is 25.4. The van der Waals surface area contributed by atoms with E-state index in [1.807, 2.05) is 12.1 Å². The fourth-order valence-corrected chi connectivity index (χ4v) is 3.57. The van der Waals surface area contributed by atoms with Gasteiger partial charge in [-0.1, -0.05) is 18.9 Å². The van der Waals surface area contributed by atoms with Crippen LogP contribution in [-0.4, -0.2) is 16.5 Å². The molecule has 5 heteroatoms. The third-order valence-corrected chi connectivity index (χ3v) is 4.97. The van der Waals surface area contributed by atoms with Crippen molar-refractivity contribution in [3.05, 3.63) is 40.2 Å². The summed E-state index contributed by atoms with van der Waals surface area (Å²) in [6.45, 7) is 0. The number of nitrogens with zero attached hydrogens (tertiary/aromatic N) is 1. The van der Waals surface area contributed by atoms with Gasteiger partial charge in [0.15, 0.2) is 0 Å². The second-order valence-corrected chi connectivity index (χ2v) is 6.71. The van der Waals surface area contributed by atoms with E-state index in [4.69, 9.17) is 5.73 Å². The Balaban J connectivity index is 1.82. The fourth-order valence-electron chi connectivity index (χ4n) is 3.57. The van der Waals surface area contributed by atoms with Gasteiger partial charge in [0.05, 0.1) is 10.9 Å². The van der Waals surface area contributed by atoms with Crippen LogP contribution in [-0.2, 0) is 0 Å². The van der Waals surface area contributed by atoms with Crippen LogP contribution < -0.4 is 16.5 Å². The zero-order chi connectivity index (χ0) is 16.0. The van der Waals surface area contributed by atoms with E-state index in [9.17, 15) is 9.59 Å². The smallest absolute Gasteiger partial charge is 0.256 e. The molecule has 1 aromatic carbocycles. The summed E-state index contributed by atoms with van der Waals surface area (Å²) >= 11 is 0. The van der Waals surface area contributed by atoms with Gasteiger partial charge in [-0.15, -0.1) is 0 Å². The van der Waals surface area contributed by atoms with E-state index in [0.29, 0.717) is 17.1 Å². The van der Waals surface area contributed by atoms with E-state index in [1.165, 1.54) is 0 Å². The molecule has 5 nitrogen and oxygen atoms in total. The lowest BCUT2D eigenvalue weighted by Crippen LogP contribution is -2.36. The van der Waals surface area contributed by atoms with Crippen LogP contribution in [0.2, 0.25) is 0 Å². The average molecular weight is 311 g/mol. The zero-order valence-electron chi connectivity index (χ0n) is 13.0. The molecule has 23 heavy (non-hydrogen) atoms. The number of aromatic nitrogens is 1. The Morgan fingerprint density at radius 2 is 1.91 bits per heavy atom. The molecule has 0 aliphatic heterocycles. The monoisotopic (exact) mass is 311 g/mol. The predicted octanol–water partition coefficient (Wildman–Crippen LogP) is 2.59. The van der Waals surface area contributed by atoms with Crippen molar-refractivity contribution in [1.29, 1.82) is 0 Å². The molecule has 1 aromatic heterocycles. The maximum atomic E-state index is 12.8. The minimum Gasteiger partial charge on any atom is -0.398 e. The highest BCUT2D eigenvalue weighted by Gasteiger charge is 2.28. The highest BCUT2D eigenvalue weighted by Crippen LogP contribution is 2.37. The molecule has 1 heterocycles. The lowest BCUT2D eigenvalue weighted by Gasteiger charge is -2.16. The van der Waals surface area contributed by atoms with Gasteiger partial charge in [-0.2, -0.15) is 0 Å². The molecule has 0 bridgehead atoms. The lowest BCUT2D eigenvalue weighted by atomic mass is 10.1. The summed E-state index contributed by atoms with van der Waals surface area (Å²) in [7, 11) is 0. The van der Waals surface area contributed by atoms with Crippen LogP contribution in [0.4, 0.5) is 5.69 Å². The Morgan fingerprint density at radius 3 is 2.61 bits per heavy atom. The number of carbonyl (C=O) groups is 1. The molecule has 2 saturated carbocycles. The first-order chi connectivity index (χ1) is 11.1. The minimum atomic E-state index is -0.263. The third-order valence-electron chi connectivity index (χ3n) is 4.97. The largest absolute Gasteiger partial charge is 0.398 e. The predicted molar refractivity (Wildman–Crippen MR) is 90.6 cm³/mol. The summed E-state index contributed by atoms with van der Waals surface area (Å²) in [5, 5.41) is 3.48. The molecule has 3 N–H and O–H groups in total. The molecular formula is C18H21N3O2. The molecule has 4 rings (SSSR count). The number of pyridine rings is 1. The molecule has 0 saturated heterocycles. The van der Waals surface area contributed by atoms with Gasteiger partial charge in [-0.05, 0) is 37.8 Å². The maximum Gasteiger partial charge on any atom is 0.256 e. The number of hydrogen-bond donors (Lipinski definition) is 2. The quantitative estimate of drug-likeness (QED) is 0.855. The van der Waals surface area contributed by atoms with Crippen LogP contribution in [0.15, 0.2) is 29.2 Å². The summed E-state index contributed by atoms with van der Waals surface area (Å²) in [6.07, 6.45) is 8.17. The number of amides is 1. The van der Waals surface area contributed by atoms with Gasteiger partial charge in [-0.3, -0.25) is 9.59 Å². The van der Waals surface area contributed by atoms with Crippen molar-refractivity contribution in [2.24, 2.45) is 0 Å². The third kappa shape index (κ3) is 2.50. The van der Waals surface area contributed by atoms with Gasteiger partial charge in [-0.25, -0.2) is 0 Å². The van der Waals surface area contributed by atoms with Crippen molar-refractivity contribution < 1.29 is 4.79 Å². The summed E-state index contributed by atoms with van der Waals surface area (Å²) in [5.41, 5.74) is 7.26. The Hall–Kier alpha value is -2.30. The van der Waals surface area contributed by atoms with E-state index in [0.717, 1.165) is 44.0 Å². The number of nitrogen functional groups attached to an aromatic ring is 1. The molecule has 2 aromatic rings. The number of anilines is 1. The molecule has 0 atom stereocenters. The number of nitrogens with two attached hydrogens (primary N) is 1. The molecular weight excluding hydrogens is 290 g/mol. The minimum absolute atomic E-state index is 0.195. The van der Waals surface area contributed by atoms with Crippen LogP contribution >= 0.6 is 0 Å². The van der Waals surface area contributed by atoms with Gasteiger partial charge in [0.1, 0.15) is 5.56 Å². The first-order valence-corrected chi connectivity index (χ1v) is 8.39. The second kappa shape index (κ2) is 5.41. The van der Waals surface area contributed by atoms with E-state index < -0.39 is 0 Å². The normalized spacial score (nSPS) is 18.4. The van der Waals surface area contributed by atoms with Crippen molar-refractivity contribution in [2.45, 2.75) is 50.6 Å².